The molecule has 1 aromatic heterocycles. The maximum atomic E-state index is 13.2. The summed E-state index contributed by atoms with van der Waals surface area (Å²) in [5.74, 6) is 0.251. The number of piperidine rings is 1. The molecule has 0 unspecified atom stereocenters. The summed E-state index contributed by atoms with van der Waals surface area (Å²) in [5.41, 5.74) is 2.94. The van der Waals surface area contributed by atoms with Crippen molar-refractivity contribution < 1.29 is 13.9 Å². The molecule has 2 aliphatic heterocycles. The largest absolute Gasteiger partial charge is 0.365 e. The maximum absolute atomic E-state index is 13.2. The zero-order valence-corrected chi connectivity index (χ0v) is 17.8. The third kappa shape index (κ3) is 4.65. The van der Waals surface area contributed by atoms with Crippen molar-refractivity contribution >= 4 is 5.91 Å². The molecule has 1 atom stereocenters. The highest BCUT2D eigenvalue weighted by Crippen LogP contribution is 2.28. The third-order valence-corrected chi connectivity index (χ3v) is 6.95. The number of benzene rings is 1. The lowest BCUT2D eigenvalue weighted by molar-refractivity contribution is -0.125. The van der Waals surface area contributed by atoms with Gasteiger partial charge in [-0.1, -0.05) is 30.2 Å². The molecular formula is C23H30FN5O2. The van der Waals surface area contributed by atoms with Crippen LogP contribution in [0.15, 0.2) is 24.3 Å². The Hall–Kier alpha value is -2.32. The molecule has 1 N–H and O–H groups in total. The molecule has 31 heavy (non-hydrogen) atoms. The number of ether oxygens (including phenoxy) is 1. The highest BCUT2D eigenvalue weighted by atomic mass is 19.1. The molecule has 1 saturated heterocycles. The Bertz CT molecular complexity index is 901. The number of likely N-dealkylation sites (tertiary alicyclic amines) is 1. The Balaban J connectivity index is 1.13. The van der Waals surface area contributed by atoms with Crippen molar-refractivity contribution in [3.05, 3.63) is 47.0 Å². The second kappa shape index (κ2) is 9.04. The standard InChI is InChI=1S/C23H30FN5O2/c24-18-7-5-16(6-8-18)22-14-29-21(15-31-22)20(26-27-29)13-28-11-9-19(10-12-28)25-23(30)17-3-1-2-4-17/h5-8,17,19,22H,1-4,9-15H2,(H,25,30)/t22-/m0/s1. The van der Waals surface area contributed by atoms with Gasteiger partial charge >= 0.3 is 0 Å². The van der Waals surface area contributed by atoms with E-state index in [1.54, 1.807) is 12.1 Å². The minimum atomic E-state index is -0.245. The van der Waals surface area contributed by atoms with Crippen LogP contribution < -0.4 is 5.32 Å². The van der Waals surface area contributed by atoms with E-state index in [9.17, 15) is 9.18 Å². The number of aromatic nitrogens is 3. The van der Waals surface area contributed by atoms with E-state index >= 15 is 0 Å². The number of carbonyl (C=O) groups is 1. The Labute approximate surface area is 181 Å². The molecule has 0 radical (unpaired) electrons. The summed E-state index contributed by atoms with van der Waals surface area (Å²) in [5, 5.41) is 12.0. The molecule has 2 aromatic rings. The van der Waals surface area contributed by atoms with Gasteiger partial charge in [-0.05, 0) is 43.4 Å². The number of fused-ring (bicyclic) bond motifs is 1. The number of hydrogen-bond donors (Lipinski definition) is 1. The second-order valence-electron chi connectivity index (χ2n) is 9.06. The topological polar surface area (TPSA) is 72.3 Å². The van der Waals surface area contributed by atoms with Gasteiger partial charge in [0.25, 0.3) is 0 Å². The van der Waals surface area contributed by atoms with Gasteiger partial charge < -0.3 is 10.1 Å². The Kier molecular flexibility index (Phi) is 6.00. The van der Waals surface area contributed by atoms with E-state index in [4.69, 9.17) is 4.74 Å². The van der Waals surface area contributed by atoms with Crippen LogP contribution in [-0.4, -0.2) is 44.9 Å². The Morgan fingerprint density at radius 3 is 2.61 bits per heavy atom. The van der Waals surface area contributed by atoms with Gasteiger partial charge in [-0.25, -0.2) is 9.07 Å². The van der Waals surface area contributed by atoms with Crippen molar-refractivity contribution in [1.29, 1.82) is 0 Å². The molecular weight excluding hydrogens is 397 g/mol. The van der Waals surface area contributed by atoms with Crippen molar-refractivity contribution in [2.24, 2.45) is 5.92 Å². The van der Waals surface area contributed by atoms with Gasteiger partial charge in [0.15, 0.2) is 0 Å². The normalized spacial score (nSPS) is 23.1. The summed E-state index contributed by atoms with van der Waals surface area (Å²) < 4.78 is 21.1. The minimum absolute atomic E-state index is 0.137. The SMILES string of the molecule is O=C(NC1CCN(Cc2nnn3c2CO[C@H](c2ccc(F)cc2)C3)CC1)C1CCCC1. The lowest BCUT2D eigenvalue weighted by Gasteiger charge is -2.32. The summed E-state index contributed by atoms with van der Waals surface area (Å²) in [7, 11) is 0. The quantitative estimate of drug-likeness (QED) is 0.794. The van der Waals surface area contributed by atoms with Gasteiger partial charge in [-0.2, -0.15) is 0 Å². The number of carbonyl (C=O) groups excluding carboxylic acids is 1. The summed E-state index contributed by atoms with van der Waals surface area (Å²) in [6, 6.07) is 6.73. The number of amides is 1. The lowest BCUT2D eigenvalue weighted by atomic mass is 10.0. The van der Waals surface area contributed by atoms with Crippen LogP contribution in [0.5, 0.6) is 0 Å². The van der Waals surface area contributed by atoms with E-state index in [1.165, 1.54) is 25.0 Å². The fourth-order valence-corrected chi connectivity index (χ4v) is 5.02. The van der Waals surface area contributed by atoms with E-state index in [-0.39, 0.29) is 29.8 Å². The van der Waals surface area contributed by atoms with Crippen LogP contribution in [-0.2, 0) is 29.2 Å². The van der Waals surface area contributed by atoms with Gasteiger partial charge in [0.1, 0.15) is 17.6 Å². The van der Waals surface area contributed by atoms with Crippen molar-refractivity contribution in [2.75, 3.05) is 13.1 Å². The summed E-state index contributed by atoms with van der Waals surface area (Å²) in [4.78, 5) is 14.8. The molecule has 3 heterocycles. The fraction of sp³-hybridized carbons (Fsp3) is 0.609. The molecule has 0 spiro atoms. The highest BCUT2D eigenvalue weighted by molar-refractivity contribution is 5.79. The van der Waals surface area contributed by atoms with Crippen LogP contribution >= 0.6 is 0 Å². The second-order valence-corrected chi connectivity index (χ2v) is 9.06. The fourth-order valence-electron chi connectivity index (χ4n) is 5.02. The predicted molar refractivity (Wildman–Crippen MR) is 112 cm³/mol. The zero-order chi connectivity index (χ0) is 21.2. The van der Waals surface area contributed by atoms with Crippen LogP contribution in [0.25, 0.3) is 0 Å². The van der Waals surface area contributed by atoms with E-state index in [2.05, 4.69) is 20.5 Å². The monoisotopic (exact) mass is 427 g/mol. The lowest BCUT2D eigenvalue weighted by Crippen LogP contribution is -2.45. The number of halogens is 1. The average Bonchev–Trinajstić information content (AvgIpc) is 3.46. The molecule has 166 valence electrons. The van der Waals surface area contributed by atoms with E-state index in [1.807, 2.05) is 4.68 Å². The summed E-state index contributed by atoms with van der Waals surface area (Å²) in [6.07, 6.45) is 6.29. The van der Waals surface area contributed by atoms with Gasteiger partial charge in [0, 0.05) is 31.6 Å². The smallest absolute Gasteiger partial charge is 0.223 e. The number of nitrogens with zero attached hydrogens (tertiary/aromatic N) is 4. The molecule has 1 aromatic carbocycles. The van der Waals surface area contributed by atoms with Crippen LogP contribution in [0.2, 0.25) is 0 Å². The van der Waals surface area contributed by atoms with Gasteiger partial charge in [0.2, 0.25) is 5.91 Å². The summed E-state index contributed by atoms with van der Waals surface area (Å²) >= 11 is 0. The van der Waals surface area contributed by atoms with Crippen molar-refractivity contribution in [3.63, 3.8) is 0 Å². The number of nitrogens with one attached hydrogen (secondary N) is 1. The Morgan fingerprint density at radius 2 is 1.87 bits per heavy atom. The minimum Gasteiger partial charge on any atom is -0.365 e. The molecule has 5 rings (SSSR count). The molecule has 1 aliphatic carbocycles. The van der Waals surface area contributed by atoms with E-state index in [0.29, 0.717) is 13.2 Å². The van der Waals surface area contributed by atoms with Crippen LogP contribution in [0, 0.1) is 11.7 Å². The van der Waals surface area contributed by atoms with E-state index < -0.39 is 0 Å². The van der Waals surface area contributed by atoms with Crippen molar-refractivity contribution in [1.82, 2.24) is 25.2 Å². The molecule has 3 aliphatic rings. The van der Waals surface area contributed by atoms with Gasteiger partial charge in [-0.15, -0.1) is 5.10 Å². The first-order valence-electron chi connectivity index (χ1n) is 11.5. The van der Waals surface area contributed by atoms with Crippen molar-refractivity contribution in [3.8, 4) is 0 Å². The predicted octanol–water partition coefficient (Wildman–Crippen LogP) is 2.96. The molecule has 1 saturated carbocycles. The van der Waals surface area contributed by atoms with Gasteiger partial charge in [-0.3, -0.25) is 9.69 Å². The maximum Gasteiger partial charge on any atom is 0.223 e. The molecule has 2 fully saturated rings. The van der Waals surface area contributed by atoms with Gasteiger partial charge in [0.05, 0.1) is 18.8 Å². The molecule has 8 heteroatoms. The first-order chi connectivity index (χ1) is 15.2. The first kappa shape index (κ1) is 20.6. The molecule has 0 bridgehead atoms. The molecule has 7 nitrogen and oxygen atoms in total. The third-order valence-electron chi connectivity index (χ3n) is 6.95. The van der Waals surface area contributed by atoms with Crippen LogP contribution in [0.1, 0.15) is 61.6 Å². The number of rotatable bonds is 5. The van der Waals surface area contributed by atoms with E-state index in [0.717, 1.165) is 62.3 Å². The van der Waals surface area contributed by atoms with Crippen LogP contribution in [0.4, 0.5) is 4.39 Å². The zero-order valence-electron chi connectivity index (χ0n) is 17.8. The Morgan fingerprint density at radius 1 is 1.13 bits per heavy atom. The average molecular weight is 428 g/mol. The highest BCUT2D eigenvalue weighted by Gasteiger charge is 2.29. The van der Waals surface area contributed by atoms with Crippen molar-refractivity contribution in [2.45, 2.75) is 70.4 Å². The summed E-state index contributed by atoms with van der Waals surface area (Å²) in [6.45, 7) is 3.69. The number of hydrogen-bond acceptors (Lipinski definition) is 5. The first-order valence-corrected chi connectivity index (χ1v) is 11.5. The van der Waals surface area contributed by atoms with Crippen LogP contribution in [0.3, 0.4) is 0 Å². The molecule has 1 amide bonds.